The topological polar surface area (TPSA) is 60.9 Å². The Morgan fingerprint density at radius 3 is 1.56 bits per heavy atom. The van der Waals surface area contributed by atoms with Crippen molar-refractivity contribution in [3.05, 3.63) is 131 Å². The third-order valence-electron chi connectivity index (χ3n) is 6.23. The van der Waals surface area contributed by atoms with Crippen LogP contribution in [0.2, 0.25) is 0 Å². The molecule has 1 heterocycles. The number of primary amides is 1. The zero-order valence-electron chi connectivity index (χ0n) is 18.6. The van der Waals surface area contributed by atoms with Gasteiger partial charge in [-0.05, 0) is 43.0 Å². The van der Waals surface area contributed by atoms with Gasteiger partial charge in [0.25, 0.3) is 0 Å². The van der Waals surface area contributed by atoms with Gasteiger partial charge < -0.3 is 10.3 Å². The molecule has 0 atom stereocenters. The molecule has 0 bridgehead atoms. The van der Waals surface area contributed by atoms with Gasteiger partial charge in [0.15, 0.2) is 0 Å². The van der Waals surface area contributed by atoms with Gasteiger partial charge in [0.2, 0.25) is 5.91 Å². The van der Waals surface area contributed by atoms with Gasteiger partial charge in [-0.1, -0.05) is 91.0 Å². The van der Waals surface area contributed by atoms with Crippen molar-refractivity contribution in [1.82, 2.24) is 9.55 Å². The SMILES string of the molecule is CC(C(N)=O)=C(C)c1ncn(C(c2ccccc2)(c2ccccc2)c2ccccc2)c1C. The molecule has 4 rings (SSSR count). The van der Waals surface area contributed by atoms with Crippen LogP contribution in [-0.2, 0) is 10.3 Å². The van der Waals surface area contributed by atoms with E-state index in [4.69, 9.17) is 10.7 Å². The van der Waals surface area contributed by atoms with Gasteiger partial charge in [0.1, 0.15) is 5.54 Å². The Labute approximate surface area is 189 Å². The van der Waals surface area contributed by atoms with Crippen molar-refractivity contribution in [3.8, 4) is 0 Å². The van der Waals surface area contributed by atoms with Crippen LogP contribution in [0.15, 0.2) is 103 Å². The van der Waals surface area contributed by atoms with Gasteiger partial charge in [-0.25, -0.2) is 4.98 Å². The van der Waals surface area contributed by atoms with Gasteiger partial charge in [0.05, 0.1) is 12.0 Å². The number of nitrogens with two attached hydrogens (primary N) is 1. The average molecular weight is 422 g/mol. The van der Waals surface area contributed by atoms with E-state index < -0.39 is 11.4 Å². The highest BCUT2D eigenvalue weighted by molar-refractivity contribution is 5.99. The van der Waals surface area contributed by atoms with Crippen molar-refractivity contribution in [3.63, 3.8) is 0 Å². The lowest BCUT2D eigenvalue weighted by atomic mass is 9.76. The van der Waals surface area contributed by atoms with E-state index in [0.29, 0.717) is 5.57 Å². The molecule has 1 amide bonds. The van der Waals surface area contributed by atoms with Crippen LogP contribution in [0.1, 0.15) is 41.9 Å². The Kier molecular flexibility index (Phi) is 5.78. The third kappa shape index (κ3) is 3.44. The first-order valence-corrected chi connectivity index (χ1v) is 10.7. The molecule has 0 saturated heterocycles. The number of aromatic nitrogens is 2. The summed E-state index contributed by atoms with van der Waals surface area (Å²) in [5, 5.41) is 0. The predicted molar refractivity (Wildman–Crippen MR) is 129 cm³/mol. The number of rotatable bonds is 6. The second-order valence-electron chi connectivity index (χ2n) is 7.97. The molecule has 0 aliphatic rings. The molecule has 0 unspecified atom stereocenters. The number of imidazole rings is 1. The van der Waals surface area contributed by atoms with Crippen LogP contribution in [-0.4, -0.2) is 15.5 Å². The molecule has 4 aromatic rings. The first kappa shape index (κ1) is 21.3. The van der Waals surface area contributed by atoms with Crippen LogP contribution in [0.5, 0.6) is 0 Å². The first-order valence-electron chi connectivity index (χ1n) is 10.7. The summed E-state index contributed by atoms with van der Waals surface area (Å²) in [7, 11) is 0. The van der Waals surface area contributed by atoms with Gasteiger partial charge in [-0.15, -0.1) is 0 Å². The Balaban J connectivity index is 2.11. The van der Waals surface area contributed by atoms with Crippen molar-refractivity contribution >= 4 is 11.5 Å². The quantitative estimate of drug-likeness (QED) is 0.339. The maximum Gasteiger partial charge on any atom is 0.244 e. The van der Waals surface area contributed by atoms with Crippen LogP contribution in [0, 0.1) is 6.92 Å². The van der Waals surface area contributed by atoms with E-state index in [1.165, 1.54) is 0 Å². The normalized spacial score (nSPS) is 12.3. The Bertz CT molecular complexity index is 1160. The number of amides is 1. The monoisotopic (exact) mass is 421 g/mol. The third-order valence-corrected chi connectivity index (χ3v) is 6.23. The summed E-state index contributed by atoms with van der Waals surface area (Å²) in [4.78, 5) is 16.6. The van der Waals surface area contributed by atoms with Crippen LogP contribution in [0.25, 0.3) is 5.57 Å². The van der Waals surface area contributed by atoms with Crippen LogP contribution in [0.3, 0.4) is 0 Å². The molecule has 32 heavy (non-hydrogen) atoms. The highest BCUT2D eigenvalue weighted by Crippen LogP contribution is 2.42. The molecule has 0 fully saturated rings. The summed E-state index contributed by atoms with van der Waals surface area (Å²) in [5.41, 5.74) is 11.3. The van der Waals surface area contributed by atoms with Crippen molar-refractivity contribution < 1.29 is 4.79 Å². The minimum Gasteiger partial charge on any atom is -0.366 e. The van der Waals surface area contributed by atoms with Gasteiger partial charge in [-0.3, -0.25) is 4.79 Å². The summed E-state index contributed by atoms with van der Waals surface area (Å²) < 4.78 is 2.21. The number of carbonyl (C=O) groups is 1. The van der Waals surface area contributed by atoms with Crippen LogP contribution < -0.4 is 5.73 Å². The molecule has 0 spiro atoms. The number of allylic oxidation sites excluding steroid dienone is 1. The fraction of sp³-hybridized carbons (Fsp3) is 0.143. The van der Waals surface area contributed by atoms with Gasteiger partial charge in [-0.2, -0.15) is 0 Å². The first-order chi connectivity index (χ1) is 15.5. The lowest BCUT2D eigenvalue weighted by molar-refractivity contribution is -0.114. The molecule has 0 aliphatic carbocycles. The second kappa shape index (κ2) is 8.67. The molecular formula is C28H27N3O. The summed E-state index contributed by atoms with van der Waals surface area (Å²) in [6.07, 6.45) is 1.87. The number of nitrogens with zero attached hydrogens (tertiary/aromatic N) is 2. The average Bonchev–Trinajstić information content (AvgIpc) is 3.22. The number of carbonyl (C=O) groups excluding carboxylic acids is 1. The van der Waals surface area contributed by atoms with E-state index >= 15 is 0 Å². The van der Waals surface area contributed by atoms with E-state index in [2.05, 4.69) is 77.4 Å². The minimum atomic E-state index is -0.639. The Morgan fingerprint density at radius 2 is 1.19 bits per heavy atom. The molecule has 0 saturated carbocycles. The van der Waals surface area contributed by atoms with Crippen LogP contribution >= 0.6 is 0 Å². The minimum absolute atomic E-state index is 0.433. The maximum absolute atomic E-state index is 11.8. The smallest absolute Gasteiger partial charge is 0.244 e. The molecule has 0 radical (unpaired) electrons. The fourth-order valence-corrected chi connectivity index (χ4v) is 4.43. The highest BCUT2D eigenvalue weighted by atomic mass is 16.1. The lowest BCUT2D eigenvalue weighted by Crippen LogP contribution is -2.38. The van der Waals surface area contributed by atoms with Crippen molar-refractivity contribution in [2.75, 3.05) is 0 Å². The number of benzene rings is 3. The molecule has 3 aromatic carbocycles. The number of hydrogen-bond acceptors (Lipinski definition) is 2. The largest absolute Gasteiger partial charge is 0.366 e. The summed E-state index contributed by atoms with van der Waals surface area (Å²) >= 11 is 0. The highest BCUT2D eigenvalue weighted by Gasteiger charge is 2.39. The Morgan fingerprint density at radius 1 is 0.781 bits per heavy atom. The predicted octanol–water partition coefficient (Wildman–Crippen LogP) is 5.31. The van der Waals surface area contributed by atoms with Crippen molar-refractivity contribution in [2.45, 2.75) is 26.3 Å². The zero-order chi connectivity index (χ0) is 22.7. The number of hydrogen-bond donors (Lipinski definition) is 1. The van der Waals surface area contributed by atoms with Crippen molar-refractivity contribution in [1.29, 1.82) is 0 Å². The lowest BCUT2D eigenvalue weighted by Gasteiger charge is -2.38. The summed E-state index contributed by atoms with van der Waals surface area (Å²) in [6.45, 7) is 5.69. The molecular weight excluding hydrogens is 394 g/mol. The summed E-state index contributed by atoms with van der Waals surface area (Å²) in [5.74, 6) is -0.433. The molecule has 4 nitrogen and oxygen atoms in total. The molecule has 1 aromatic heterocycles. The van der Waals surface area contributed by atoms with Gasteiger partial charge >= 0.3 is 0 Å². The molecule has 2 N–H and O–H groups in total. The van der Waals surface area contributed by atoms with E-state index in [-0.39, 0.29) is 0 Å². The van der Waals surface area contributed by atoms with Crippen LogP contribution in [0.4, 0.5) is 0 Å². The fourth-order valence-electron chi connectivity index (χ4n) is 4.43. The summed E-state index contributed by atoms with van der Waals surface area (Å²) in [6, 6.07) is 31.3. The van der Waals surface area contributed by atoms with E-state index in [9.17, 15) is 4.79 Å². The molecule has 4 heteroatoms. The van der Waals surface area contributed by atoms with Crippen molar-refractivity contribution in [2.24, 2.45) is 5.73 Å². The van der Waals surface area contributed by atoms with Gasteiger partial charge in [0, 0.05) is 11.3 Å². The maximum atomic E-state index is 11.8. The second-order valence-corrected chi connectivity index (χ2v) is 7.97. The van der Waals surface area contributed by atoms with E-state index in [1.807, 2.05) is 38.4 Å². The van der Waals surface area contributed by atoms with E-state index in [1.54, 1.807) is 6.92 Å². The zero-order valence-corrected chi connectivity index (χ0v) is 18.6. The van der Waals surface area contributed by atoms with E-state index in [0.717, 1.165) is 33.7 Å². The molecule has 0 aliphatic heterocycles. The standard InChI is InChI=1S/C28H27N3O/c1-20(21(2)27(29)32)26-22(3)31(19-30-26)28(23-13-7-4-8-14-23,24-15-9-5-10-16-24)25-17-11-6-12-18-25/h4-19H,1-3H3,(H2,29,32). The molecule has 160 valence electrons. The Hall–Kier alpha value is -3.92.